The molecule has 0 spiro atoms. The maximum Gasteiger partial charge on any atom is 0.277 e. The first-order valence-corrected chi connectivity index (χ1v) is 17.9. The number of anilines is 1. The van der Waals surface area contributed by atoms with Gasteiger partial charge in [-0.1, -0.05) is 37.2 Å². The van der Waals surface area contributed by atoms with Gasteiger partial charge in [0.25, 0.3) is 10.0 Å². The molecule has 47 heavy (non-hydrogen) atoms. The van der Waals surface area contributed by atoms with Gasteiger partial charge in [0, 0.05) is 41.3 Å². The Morgan fingerprint density at radius 2 is 1.72 bits per heavy atom. The quantitative estimate of drug-likeness (QED) is 0.0898. The van der Waals surface area contributed by atoms with Crippen molar-refractivity contribution in [2.75, 3.05) is 38.5 Å². The number of aryl methyl sites for hydroxylation is 5. The molecule has 0 aliphatic heterocycles. The van der Waals surface area contributed by atoms with Gasteiger partial charge in [-0.3, -0.25) is 9.67 Å². The molecular weight excluding hydrogens is 639 g/mol. The number of ether oxygens (including phenoxy) is 3. The Morgan fingerprint density at radius 1 is 0.957 bits per heavy atom. The average molecular weight is 682 g/mol. The van der Waals surface area contributed by atoms with Gasteiger partial charge in [-0.05, 0) is 69.4 Å². The van der Waals surface area contributed by atoms with Crippen LogP contribution in [0.1, 0.15) is 58.3 Å². The van der Waals surface area contributed by atoms with Crippen LogP contribution in [0.15, 0.2) is 39.1 Å². The van der Waals surface area contributed by atoms with E-state index in [4.69, 9.17) is 28.8 Å². The van der Waals surface area contributed by atoms with Gasteiger partial charge >= 0.3 is 0 Å². The number of rotatable bonds is 15. The van der Waals surface area contributed by atoms with Crippen molar-refractivity contribution in [1.29, 1.82) is 0 Å². The van der Waals surface area contributed by atoms with Gasteiger partial charge in [-0.2, -0.15) is 5.10 Å². The number of hydrogen-bond donors (Lipinski definition) is 0. The minimum absolute atomic E-state index is 0.191. The summed E-state index contributed by atoms with van der Waals surface area (Å²) in [5.74, 6) is 0.727. The van der Waals surface area contributed by atoms with E-state index in [9.17, 15) is 8.42 Å². The molecule has 4 aromatic heterocycles. The normalized spacial score (nSPS) is 12.0. The predicted octanol–water partition coefficient (Wildman–Crippen LogP) is 6.52. The van der Waals surface area contributed by atoms with E-state index in [1.54, 1.807) is 28.1 Å². The number of methoxy groups -OCH3 is 2. The molecule has 1 aromatic carbocycles. The molecule has 13 heteroatoms. The lowest BCUT2D eigenvalue weighted by Gasteiger charge is -2.22. The Labute approximate surface area is 280 Å². The molecular formula is C34H43N5O6S2. The highest BCUT2D eigenvalue weighted by atomic mass is 32.2. The van der Waals surface area contributed by atoms with Gasteiger partial charge in [-0.15, -0.1) is 11.3 Å². The first-order chi connectivity index (χ1) is 22.5. The number of aromatic nitrogens is 4. The third kappa shape index (κ3) is 7.00. The minimum Gasteiger partial charge on any atom is -0.382 e. The zero-order valence-corrected chi connectivity index (χ0v) is 30.0. The van der Waals surface area contributed by atoms with E-state index < -0.39 is 10.0 Å². The molecule has 11 nitrogen and oxygen atoms in total. The minimum atomic E-state index is -4.13. The molecule has 0 atom stereocenters. The Hall–Kier alpha value is -3.62. The number of benzene rings is 1. The standard InChI is InChI=1S/C34H43N5O6S2/c1-9-29-32-30(10-2)36-38(31(32)15-21(3)35-29)18-25-11-12-27(26(17-25)19-43-8)28-16-22(4)46-34(28)47(40,41)39(20-44-14-13-42-7)33-23(5)24(6)45-37-33/h11-12,15-17H,9-10,13-14,18-20H2,1-8H3. The molecule has 0 amide bonds. The maximum absolute atomic E-state index is 14.5. The molecule has 0 saturated carbocycles. The molecule has 0 N–H and O–H groups in total. The Bertz CT molecular complexity index is 1980. The lowest BCUT2D eigenvalue weighted by Crippen LogP contribution is -2.34. The highest BCUT2D eigenvalue weighted by Crippen LogP contribution is 2.40. The van der Waals surface area contributed by atoms with Crippen molar-refractivity contribution in [2.45, 2.75) is 71.7 Å². The van der Waals surface area contributed by atoms with E-state index in [1.807, 2.05) is 36.7 Å². The van der Waals surface area contributed by atoms with Gasteiger partial charge in [-0.25, -0.2) is 12.7 Å². The predicted molar refractivity (Wildman–Crippen MR) is 184 cm³/mol. The summed E-state index contributed by atoms with van der Waals surface area (Å²) in [6.07, 6.45) is 1.65. The molecule has 5 rings (SSSR count). The fourth-order valence-corrected chi connectivity index (χ4v) is 8.80. The number of fused-ring (bicyclic) bond motifs is 1. The molecule has 4 heterocycles. The fraction of sp³-hybridized carbons (Fsp3) is 0.441. The molecule has 0 aliphatic rings. The Morgan fingerprint density at radius 3 is 2.38 bits per heavy atom. The summed E-state index contributed by atoms with van der Waals surface area (Å²) in [7, 11) is -0.932. The lowest BCUT2D eigenvalue weighted by molar-refractivity contribution is 0.0753. The molecule has 5 aromatic rings. The van der Waals surface area contributed by atoms with E-state index in [-0.39, 0.29) is 23.4 Å². The molecule has 0 radical (unpaired) electrons. The highest BCUT2D eigenvalue weighted by Gasteiger charge is 2.34. The largest absolute Gasteiger partial charge is 0.382 e. The molecule has 252 valence electrons. The van der Waals surface area contributed by atoms with Gasteiger partial charge in [0.15, 0.2) is 5.82 Å². The van der Waals surface area contributed by atoms with Gasteiger partial charge in [0.2, 0.25) is 0 Å². The fourth-order valence-electron chi connectivity index (χ4n) is 5.71. The van der Waals surface area contributed by atoms with Crippen LogP contribution in [0.3, 0.4) is 0 Å². The highest BCUT2D eigenvalue weighted by molar-refractivity contribution is 7.95. The average Bonchev–Trinajstić information content (AvgIpc) is 3.71. The first kappa shape index (κ1) is 34.7. The van der Waals surface area contributed by atoms with Crippen LogP contribution in [0, 0.1) is 27.7 Å². The first-order valence-electron chi connectivity index (χ1n) is 15.6. The zero-order chi connectivity index (χ0) is 33.9. The van der Waals surface area contributed by atoms with Crippen LogP contribution in [-0.2, 0) is 50.2 Å². The summed E-state index contributed by atoms with van der Waals surface area (Å²) in [4.78, 5) is 5.63. The Kier molecular flexibility index (Phi) is 10.8. The number of pyridine rings is 1. The van der Waals surface area contributed by atoms with E-state index in [0.717, 1.165) is 62.4 Å². The van der Waals surface area contributed by atoms with Crippen LogP contribution in [0.25, 0.3) is 22.0 Å². The van der Waals surface area contributed by atoms with Gasteiger partial charge in [0.1, 0.15) is 16.7 Å². The van der Waals surface area contributed by atoms with Crippen LogP contribution in [0.5, 0.6) is 0 Å². The molecule has 0 unspecified atom stereocenters. The number of nitrogens with zero attached hydrogens (tertiary/aromatic N) is 5. The van der Waals surface area contributed by atoms with Crippen molar-refractivity contribution in [2.24, 2.45) is 0 Å². The monoisotopic (exact) mass is 681 g/mol. The van der Waals surface area contributed by atoms with Crippen molar-refractivity contribution in [1.82, 2.24) is 19.9 Å². The molecule has 0 aliphatic carbocycles. The third-order valence-corrected chi connectivity index (χ3v) is 11.4. The van der Waals surface area contributed by atoms with E-state index >= 15 is 0 Å². The lowest BCUT2D eigenvalue weighted by atomic mass is 9.99. The van der Waals surface area contributed by atoms with Gasteiger partial charge in [0.05, 0.1) is 43.3 Å². The smallest absolute Gasteiger partial charge is 0.277 e. The van der Waals surface area contributed by atoms with Crippen molar-refractivity contribution in [3.8, 4) is 11.1 Å². The second-order valence-electron chi connectivity index (χ2n) is 11.5. The van der Waals surface area contributed by atoms with Crippen LogP contribution < -0.4 is 4.31 Å². The number of hydrogen-bond acceptors (Lipinski definition) is 10. The van der Waals surface area contributed by atoms with Crippen molar-refractivity contribution in [3.05, 3.63) is 74.7 Å². The third-order valence-electron chi connectivity index (χ3n) is 8.13. The maximum atomic E-state index is 14.5. The van der Waals surface area contributed by atoms with Gasteiger partial charge < -0.3 is 18.7 Å². The summed E-state index contributed by atoms with van der Waals surface area (Å²) in [5, 5.41) is 10.2. The van der Waals surface area contributed by atoms with E-state index in [0.29, 0.717) is 36.6 Å². The molecule has 0 saturated heterocycles. The summed E-state index contributed by atoms with van der Waals surface area (Å²) in [6, 6.07) is 10.1. The Balaban J connectivity index is 1.57. The van der Waals surface area contributed by atoms with E-state index in [2.05, 4.69) is 31.1 Å². The second-order valence-corrected chi connectivity index (χ2v) is 14.8. The number of thiophene rings is 1. The summed E-state index contributed by atoms with van der Waals surface area (Å²) < 4.78 is 54.2. The summed E-state index contributed by atoms with van der Waals surface area (Å²) in [5.41, 5.74) is 8.02. The molecule has 0 fully saturated rings. The number of sulfonamides is 1. The van der Waals surface area contributed by atoms with Crippen molar-refractivity contribution in [3.63, 3.8) is 0 Å². The summed E-state index contributed by atoms with van der Waals surface area (Å²) >= 11 is 1.21. The van der Waals surface area contributed by atoms with Crippen molar-refractivity contribution >= 4 is 38.1 Å². The van der Waals surface area contributed by atoms with Crippen LogP contribution in [0.4, 0.5) is 5.82 Å². The van der Waals surface area contributed by atoms with Crippen LogP contribution in [0.2, 0.25) is 0 Å². The zero-order valence-electron chi connectivity index (χ0n) is 28.3. The second kappa shape index (κ2) is 14.7. The SMILES string of the molecule is CCc1nc(C)cc2c1c(CC)nn2Cc1ccc(-c2cc(C)sc2S(=O)(=O)N(COCCOC)c2noc(C)c2C)c(COC)c1. The molecule has 0 bridgehead atoms. The van der Waals surface area contributed by atoms with Crippen molar-refractivity contribution < 1.29 is 27.2 Å². The topological polar surface area (TPSA) is 122 Å². The van der Waals surface area contributed by atoms with Crippen LogP contribution in [-0.4, -0.2) is 62.5 Å². The van der Waals surface area contributed by atoms with E-state index in [1.165, 1.54) is 15.6 Å². The summed E-state index contributed by atoms with van der Waals surface area (Å²) in [6.45, 7) is 12.8. The van der Waals surface area contributed by atoms with Crippen LogP contribution >= 0.6 is 11.3 Å².